The Kier molecular flexibility index (Phi) is 4.20. The number of pyridine rings is 1. The highest BCUT2D eigenvalue weighted by atomic mass is 19.4. The van der Waals surface area contributed by atoms with E-state index >= 15 is 0 Å². The van der Waals surface area contributed by atoms with Gasteiger partial charge in [-0.15, -0.1) is 0 Å². The third-order valence-electron chi connectivity index (χ3n) is 2.51. The van der Waals surface area contributed by atoms with E-state index in [4.69, 9.17) is 4.74 Å². The first-order valence-electron chi connectivity index (χ1n) is 5.79. The van der Waals surface area contributed by atoms with Crippen molar-refractivity contribution in [1.82, 2.24) is 15.1 Å². The molecule has 0 aliphatic carbocycles. The molecule has 0 bridgehead atoms. The monoisotopic (exact) mass is 301 g/mol. The van der Waals surface area contributed by atoms with Crippen LogP contribution in [0.5, 0.6) is 5.88 Å². The summed E-state index contributed by atoms with van der Waals surface area (Å²) >= 11 is 0. The van der Waals surface area contributed by atoms with Crippen molar-refractivity contribution in [2.45, 2.75) is 19.0 Å². The fourth-order valence-corrected chi connectivity index (χ4v) is 1.49. The highest BCUT2D eigenvalue weighted by Gasteiger charge is 2.39. The lowest BCUT2D eigenvalue weighted by atomic mass is 10.2. The third-order valence-corrected chi connectivity index (χ3v) is 2.51. The van der Waals surface area contributed by atoms with Gasteiger partial charge in [0.25, 0.3) is 0 Å². The predicted octanol–water partition coefficient (Wildman–Crippen LogP) is 1.74. The third kappa shape index (κ3) is 4.01. The summed E-state index contributed by atoms with van der Waals surface area (Å²) in [6, 6.07) is 3.34. The van der Waals surface area contributed by atoms with Gasteiger partial charge < -0.3 is 9.26 Å². The lowest BCUT2D eigenvalue weighted by Crippen LogP contribution is -2.24. The van der Waals surface area contributed by atoms with E-state index in [1.54, 1.807) is 12.1 Å². The minimum absolute atomic E-state index is 0.173. The number of ether oxygens (including phenoxy) is 1. The molecule has 2 heterocycles. The number of nitrogens with zero attached hydrogens (tertiary/aromatic N) is 3. The number of ketones is 1. The topological polar surface area (TPSA) is 78.1 Å². The number of hydrogen-bond acceptors (Lipinski definition) is 6. The fraction of sp³-hybridized carbons (Fsp3) is 0.333. The van der Waals surface area contributed by atoms with Crippen LogP contribution in [-0.4, -0.2) is 34.2 Å². The van der Waals surface area contributed by atoms with Crippen molar-refractivity contribution < 1.29 is 27.2 Å². The Morgan fingerprint density at radius 1 is 1.38 bits per heavy atom. The summed E-state index contributed by atoms with van der Waals surface area (Å²) in [5, 5.41) is 3.52. The van der Waals surface area contributed by atoms with Crippen molar-refractivity contribution in [3.8, 4) is 5.88 Å². The van der Waals surface area contributed by atoms with Gasteiger partial charge in [0.1, 0.15) is 0 Å². The van der Waals surface area contributed by atoms with Crippen LogP contribution in [0.1, 0.15) is 17.3 Å². The molecule has 0 aromatic carbocycles. The molecule has 0 saturated heterocycles. The normalized spacial score (nSPS) is 11.4. The lowest BCUT2D eigenvalue weighted by Gasteiger charge is -2.01. The van der Waals surface area contributed by atoms with Crippen molar-refractivity contribution in [2.24, 2.45) is 0 Å². The van der Waals surface area contributed by atoms with Crippen LogP contribution < -0.4 is 4.74 Å². The highest BCUT2D eigenvalue weighted by Crippen LogP contribution is 2.18. The van der Waals surface area contributed by atoms with Crippen LogP contribution >= 0.6 is 0 Å². The zero-order valence-corrected chi connectivity index (χ0v) is 10.8. The van der Waals surface area contributed by atoms with Crippen molar-refractivity contribution in [3.63, 3.8) is 0 Å². The average molecular weight is 301 g/mol. The van der Waals surface area contributed by atoms with E-state index in [-0.39, 0.29) is 18.1 Å². The molecule has 9 heteroatoms. The number of carbonyl (C=O) groups excluding carboxylic acids is 1. The molecule has 0 N–H and O–H groups in total. The van der Waals surface area contributed by atoms with Gasteiger partial charge in [-0.3, -0.25) is 4.79 Å². The van der Waals surface area contributed by atoms with E-state index in [0.717, 1.165) is 5.56 Å². The van der Waals surface area contributed by atoms with E-state index in [1.165, 1.54) is 13.3 Å². The summed E-state index contributed by atoms with van der Waals surface area (Å²) in [7, 11) is 1.48. The molecular weight excluding hydrogens is 291 g/mol. The SMILES string of the molecule is COc1ccc(Cc2noc(CC(=O)C(F)(F)F)n2)cn1. The van der Waals surface area contributed by atoms with E-state index in [9.17, 15) is 18.0 Å². The maximum atomic E-state index is 12.1. The zero-order valence-electron chi connectivity index (χ0n) is 10.8. The molecule has 2 aromatic heterocycles. The molecule has 6 nitrogen and oxygen atoms in total. The Morgan fingerprint density at radius 2 is 2.14 bits per heavy atom. The first kappa shape index (κ1) is 14.9. The number of alkyl halides is 3. The van der Waals surface area contributed by atoms with Crippen LogP contribution in [-0.2, 0) is 17.6 Å². The molecule has 0 amide bonds. The van der Waals surface area contributed by atoms with E-state index in [2.05, 4.69) is 19.6 Å². The van der Waals surface area contributed by atoms with Crippen LogP contribution in [0.25, 0.3) is 0 Å². The Hall–Kier alpha value is -2.45. The lowest BCUT2D eigenvalue weighted by molar-refractivity contribution is -0.170. The molecule has 0 unspecified atom stereocenters. The second-order valence-electron chi connectivity index (χ2n) is 4.09. The molecule has 2 rings (SSSR count). The predicted molar refractivity (Wildman–Crippen MR) is 62.7 cm³/mol. The average Bonchev–Trinajstić information content (AvgIpc) is 2.86. The van der Waals surface area contributed by atoms with Crippen molar-refractivity contribution in [2.75, 3.05) is 7.11 Å². The van der Waals surface area contributed by atoms with Gasteiger partial charge in [0.05, 0.1) is 13.5 Å². The molecule has 112 valence electrons. The summed E-state index contributed by atoms with van der Waals surface area (Å²) in [5.74, 6) is -1.69. The smallest absolute Gasteiger partial charge is 0.450 e. The standard InChI is InChI=1S/C12H10F3N3O3/c1-20-10-3-2-7(6-16-10)4-9-17-11(21-18-9)5-8(19)12(13,14)15/h2-3,6H,4-5H2,1H3. The van der Waals surface area contributed by atoms with Gasteiger partial charge in [-0.1, -0.05) is 11.2 Å². The van der Waals surface area contributed by atoms with Crippen LogP contribution in [0, 0.1) is 0 Å². The molecule has 0 spiro atoms. The first-order valence-corrected chi connectivity index (χ1v) is 5.79. The van der Waals surface area contributed by atoms with Crippen molar-refractivity contribution in [3.05, 3.63) is 35.6 Å². The van der Waals surface area contributed by atoms with Gasteiger partial charge in [-0.25, -0.2) is 4.98 Å². The van der Waals surface area contributed by atoms with Crippen LogP contribution in [0.2, 0.25) is 0 Å². The quantitative estimate of drug-likeness (QED) is 0.837. The van der Waals surface area contributed by atoms with Crippen molar-refractivity contribution >= 4 is 5.78 Å². The number of carbonyl (C=O) groups is 1. The Bertz CT molecular complexity index is 623. The van der Waals surface area contributed by atoms with Gasteiger partial charge in [0.15, 0.2) is 5.82 Å². The summed E-state index contributed by atoms with van der Waals surface area (Å²) in [6.45, 7) is 0. The molecule has 0 aliphatic heterocycles. The number of aromatic nitrogens is 3. The molecule has 0 saturated carbocycles. The Labute approximate surface area is 116 Å². The largest absolute Gasteiger partial charge is 0.481 e. The number of halogens is 3. The second-order valence-corrected chi connectivity index (χ2v) is 4.09. The maximum absolute atomic E-state index is 12.1. The van der Waals surface area contributed by atoms with Gasteiger partial charge in [-0.05, 0) is 5.56 Å². The van der Waals surface area contributed by atoms with Crippen LogP contribution in [0.4, 0.5) is 13.2 Å². The Morgan fingerprint density at radius 3 is 2.71 bits per heavy atom. The molecule has 0 radical (unpaired) electrons. The van der Waals surface area contributed by atoms with E-state index < -0.39 is 18.4 Å². The van der Waals surface area contributed by atoms with Crippen molar-refractivity contribution in [1.29, 1.82) is 0 Å². The maximum Gasteiger partial charge on any atom is 0.450 e. The zero-order chi connectivity index (χ0) is 15.5. The fourth-order valence-electron chi connectivity index (χ4n) is 1.49. The minimum atomic E-state index is -4.91. The summed E-state index contributed by atoms with van der Waals surface area (Å²) < 4.78 is 45.8. The van der Waals surface area contributed by atoms with Gasteiger partial charge in [0.2, 0.25) is 17.6 Å². The number of methoxy groups -OCH3 is 1. The molecule has 0 aliphatic rings. The molecule has 21 heavy (non-hydrogen) atoms. The molecular formula is C12H10F3N3O3. The molecule has 0 atom stereocenters. The Balaban J connectivity index is 2.01. The number of hydrogen-bond donors (Lipinski definition) is 0. The van der Waals surface area contributed by atoms with Crippen LogP contribution in [0.15, 0.2) is 22.9 Å². The van der Waals surface area contributed by atoms with E-state index in [1.807, 2.05) is 0 Å². The molecule has 0 fully saturated rings. The highest BCUT2D eigenvalue weighted by molar-refractivity contribution is 5.85. The second kappa shape index (κ2) is 5.90. The summed E-state index contributed by atoms with van der Waals surface area (Å²) in [6.07, 6.45) is -4.12. The van der Waals surface area contributed by atoms with Gasteiger partial charge in [0, 0.05) is 18.7 Å². The summed E-state index contributed by atoms with van der Waals surface area (Å²) in [4.78, 5) is 18.5. The van der Waals surface area contributed by atoms with Gasteiger partial charge >= 0.3 is 6.18 Å². The van der Waals surface area contributed by atoms with E-state index in [0.29, 0.717) is 5.88 Å². The van der Waals surface area contributed by atoms with Crippen LogP contribution in [0.3, 0.4) is 0 Å². The number of Topliss-reactive ketones (excluding diaryl/α,β-unsaturated/α-hetero) is 1. The summed E-state index contributed by atoms with van der Waals surface area (Å²) in [5.41, 5.74) is 0.727. The minimum Gasteiger partial charge on any atom is -0.481 e. The molecule has 2 aromatic rings. The number of rotatable bonds is 5. The van der Waals surface area contributed by atoms with Gasteiger partial charge in [-0.2, -0.15) is 18.2 Å². The first-order chi connectivity index (χ1) is 9.88.